The van der Waals surface area contributed by atoms with E-state index in [1.165, 1.54) is 12.4 Å². The van der Waals surface area contributed by atoms with Crippen LogP contribution in [0.1, 0.15) is 67.5 Å². The second kappa shape index (κ2) is 10.3. The van der Waals surface area contributed by atoms with Gasteiger partial charge in [-0.15, -0.1) is 0 Å². The highest BCUT2D eigenvalue weighted by Crippen LogP contribution is 2.43. The molecule has 36 heavy (non-hydrogen) atoms. The fourth-order valence-electron chi connectivity index (χ4n) is 4.99. The fraction of sp³-hybridized carbons (Fsp3) is 0.560. The molecule has 1 unspecified atom stereocenters. The van der Waals surface area contributed by atoms with Crippen LogP contribution >= 0.6 is 0 Å². The van der Waals surface area contributed by atoms with Gasteiger partial charge in [-0.25, -0.2) is 14.4 Å². The summed E-state index contributed by atoms with van der Waals surface area (Å²) in [7, 11) is 0. The van der Waals surface area contributed by atoms with Crippen molar-refractivity contribution < 1.29 is 27.5 Å². The van der Waals surface area contributed by atoms with Gasteiger partial charge in [-0.3, -0.25) is 4.79 Å². The molecule has 1 amide bonds. The zero-order valence-electron chi connectivity index (χ0n) is 20.5. The van der Waals surface area contributed by atoms with Gasteiger partial charge >= 0.3 is 6.18 Å². The Hall–Kier alpha value is -2.79. The molecule has 11 heteroatoms. The number of rotatable bonds is 6. The predicted molar refractivity (Wildman–Crippen MR) is 126 cm³/mol. The zero-order valence-corrected chi connectivity index (χ0v) is 20.5. The van der Waals surface area contributed by atoms with Crippen LogP contribution in [-0.2, 0) is 11.0 Å². The number of aliphatic hydroxyl groups excluding tert-OH is 1. The standard InChI is InChI=1S/C25H31F4N5O2/c1-14(2)30-12-17(16-4-5-18(19(26)11-16)25(27,28)29)24(36)34-8-6-33(7-9-34)23-21-15(3)10-20(35)22(21)31-13-32-23/h4-5,11,13-15,17,20,30,35H,6-10,12H2,1-3H3/t15-,17?,20-/m1/s1. The van der Waals surface area contributed by atoms with Crippen molar-refractivity contribution in [2.75, 3.05) is 37.6 Å². The summed E-state index contributed by atoms with van der Waals surface area (Å²) in [5, 5.41) is 13.4. The van der Waals surface area contributed by atoms with Gasteiger partial charge < -0.3 is 20.2 Å². The molecule has 1 aromatic heterocycles. The molecule has 196 valence electrons. The number of aromatic nitrogens is 2. The molecule has 2 heterocycles. The highest BCUT2D eigenvalue weighted by molar-refractivity contribution is 5.84. The molecule has 2 aliphatic rings. The number of carbonyl (C=O) groups is 1. The van der Waals surface area contributed by atoms with Crippen LogP contribution in [0, 0.1) is 5.82 Å². The number of alkyl halides is 3. The van der Waals surface area contributed by atoms with Gasteiger partial charge in [0.2, 0.25) is 5.91 Å². The maximum atomic E-state index is 14.3. The van der Waals surface area contributed by atoms with Gasteiger partial charge in [0.15, 0.2) is 0 Å². The van der Waals surface area contributed by atoms with E-state index in [2.05, 4.69) is 20.2 Å². The highest BCUT2D eigenvalue weighted by atomic mass is 19.4. The van der Waals surface area contributed by atoms with Crippen molar-refractivity contribution in [2.45, 2.75) is 57.3 Å². The molecule has 1 fully saturated rings. The number of anilines is 1. The van der Waals surface area contributed by atoms with Gasteiger partial charge in [0, 0.05) is 44.3 Å². The summed E-state index contributed by atoms with van der Waals surface area (Å²) in [5.74, 6) is -1.60. The Morgan fingerprint density at radius 3 is 2.50 bits per heavy atom. The lowest BCUT2D eigenvalue weighted by molar-refractivity contribution is -0.140. The molecule has 4 rings (SSSR count). The summed E-state index contributed by atoms with van der Waals surface area (Å²) in [5.41, 5.74) is 0.441. The molecule has 3 atom stereocenters. The van der Waals surface area contributed by atoms with Crippen molar-refractivity contribution >= 4 is 11.7 Å². The minimum absolute atomic E-state index is 0.0358. The first-order valence-corrected chi connectivity index (χ1v) is 12.1. The zero-order chi connectivity index (χ0) is 26.2. The lowest BCUT2D eigenvalue weighted by atomic mass is 9.95. The number of amides is 1. The molecule has 0 spiro atoms. The van der Waals surface area contributed by atoms with Gasteiger partial charge in [-0.1, -0.05) is 26.8 Å². The largest absolute Gasteiger partial charge is 0.419 e. The predicted octanol–water partition coefficient (Wildman–Crippen LogP) is 3.61. The van der Waals surface area contributed by atoms with Crippen LogP contribution in [-0.4, -0.2) is 64.6 Å². The average Bonchev–Trinajstić information content (AvgIpc) is 3.12. The Labute approximate surface area is 207 Å². The lowest BCUT2D eigenvalue weighted by Crippen LogP contribution is -2.51. The minimum atomic E-state index is -4.80. The third-order valence-electron chi connectivity index (χ3n) is 6.90. The molecule has 1 aromatic carbocycles. The Morgan fingerprint density at radius 1 is 1.19 bits per heavy atom. The third-order valence-corrected chi connectivity index (χ3v) is 6.90. The van der Waals surface area contributed by atoms with E-state index in [0.717, 1.165) is 17.4 Å². The Bertz CT molecular complexity index is 1100. The molecule has 0 saturated carbocycles. The molecular weight excluding hydrogens is 478 g/mol. The SMILES string of the molecule is CC(C)NCC(C(=O)N1CCN(c2ncnc3c2[C@H](C)C[C@H]3O)CC1)c1ccc(C(F)(F)F)c(F)c1. The second-order valence-corrected chi connectivity index (χ2v) is 9.81. The fourth-order valence-corrected chi connectivity index (χ4v) is 4.99. The first-order valence-electron chi connectivity index (χ1n) is 12.1. The topological polar surface area (TPSA) is 81.6 Å². The van der Waals surface area contributed by atoms with Crippen molar-refractivity contribution in [1.29, 1.82) is 0 Å². The van der Waals surface area contributed by atoms with Crippen molar-refractivity contribution in [1.82, 2.24) is 20.2 Å². The maximum absolute atomic E-state index is 14.3. The summed E-state index contributed by atoms with van der Waals surface area (Å²) in [6.45, 7) is 7.77. The molecule has 1 saturated heterocycles. The van der Waals surface area contributed by atoms with E-state index < -0.39 is 29.6 Å². The number of hydrogen-bond acceptors (Lipinski definition) is 6. The summed E-state index contributed by atoms with van der Waals surface area (Å²) >= 11 is 0. The summed E-state index contributed by atoms with van der Waals surface area (Å²) in [4.78, 5) is 25.9. The van der Waals surface area contributed by atoms with Crippen LogP contribution in [0.3, 0.4) is 0 Å². The minimum Gasteiger partial charge on any atom is -0.387 e. The molecular formula is C25H31F4N5O2. The number of benzene rings is 1. The number of aliphatic hydroxyl groups is 1. The Balaban J connectivity index is 1.51. The number of carbonyl (C=O) groups excluding carboxylic acids is 1. The number of nitrogens with one attached hydrogen (secondary N) is 1. The van der Waals surface area contributed by atoms with E-state index in [0.29, 0.717) is 44.4 Å². The quantitative estimate of drug-likeness (QED) is 0.580. The first-order chi connectivity index (χ1) is 17.0. The average molecular weight is 510 g/mol. The first kappa shape index (κ1) is 26.3. The van der Waals surface area contributed by atoms with Gasteiger partial charge in [0.05, 0.1) is 23.3 Å². The van der Waals surface area contributed by atoms with Crippen LogP contribution in [0.5, 0.6) is 0 Å². The number of fused-ring (bicyclic) bond motifs is 1. The van der Waals surface area contributed by atoms with E-state index in [-0.39, 0.29) is 30.0 Å². The molecule has 2 aromatic rings. The van der Waals surface area contributed by atoms with E-state index in [1.54, 1.807) is 4.90 Å². The van der Waals surface area contributed by atoms with E-state index in [1.807, 2.05) is 20.8 Å². The molecule has 2 N–H and O–H groups in total. The monoisotopic (exact) mass is 509 g/mol. The van der Waals surface area contributed by atoms with Gasteiger partial charge in [-0.05, 0) is 30.0 Å². The molecule has 1 aliphatic heterocycles. The molecule has 7 nitrogen and oxygen atoms in total. The van der Waals surface area contributed by atoms with Crippen LogP contribution in [0.15, 0.2) is 24.5 Å². The van der Waals surface area contributed by atoms with Crippen LogP contribution < -0.4 is 10.2 Å². The normalized spacial score (nSPS) is 21.1. The smallest absolute Gasteiger partial charge is 0.387 e. The van der Waals surface area contributed by atoms with E-state index >= 15 is 0 Å². The van der Waals surface area contributed by atoms with Crippen LogP contribution in [0.2, 0.25) is 0 Å². The second-order valence-electron chi connectivity index (χ2n) is 9.81. The Kier molecular flexibility index (Phi) is 7.51. The van der Waals surface area contributed by atoms with Crippen LogP contribution in [0.25, 0.3) is 0 Å². The summed E-state index contributed by atoms with van der Waals surface area (Å²) in [6, 6.07) is 2.74. The summed E-state index contributed by atoms with van der Waals surface area (Å²) in [6.07, 6.45) is -3.38. The number of halogens is 4. The molecule has 1 aliphatic carbocycles. The van der Waals surface area contributed by atoms with E-state index in [9.17, 15) is 27.5 Å². The maximum Gasteiger partial charge on any atom is 0.419 e. The van der Waals surface area contributed by atoms with Crippen LogP contribution in [0.4, 0.5) is 23.4 Å². The number of nitrogens with zero attached hydrogens (tertiary/aromatic N) is 4. The van der Waals surface area contributed by atoms with E-state index in [4.69, 9.17) is 0 Å². The van der Waals surface area contributed by atoms with Crippen molar-refractivity contribution in [3.8, 4) is 0 Å². The van der Waals surface area contributed by atoms with Crippen molar-refractivity contribution in [2.24, 2.45) is 0 Å². The van der Waals surface area contributed by atoms with Crippen molar-refractivity contribution in [3.63, 3.8) is 0 Å². The van der Waals surface area contributed by atoms with Gasteiger partial charge in [-0.2, -0.15) is 13.2 Å². The van der Waals surface area contributed by atoms with Gasteiger partial charge in [0.25, 0.3) is 0 Å². The van der Waals surface area contributed by atoms with Gasteiger partial charge in [0.1, 0.15) is 18.0 Å². The third kappa shape index (κ3) is 5.31. The Morgan fingerprint density at radius 2 is 1.89 bits per heavy atom. The number of hydrogen-bond donors (Lipinski definition) is 2. The highest BCUT2D eigenvalue weighted by Gasteiger charge is 2.37. The number of piperazine rings is 1. The molecule has 0 bridgehead atoms. The van der Waals surface area contributed by atoms with Crippen molar-refractivity contribution in [3.05, 3.63) is 52.7 Å². The summed E-state index contributed by atoms with van der Waals surface area (Å²) < 4.78 is 53.4. The lowest BCUT2D eigenvalue weighted by Gasteiger charge is -2.38. The molecule has 0 radical (unpaired) electrons.